The minimum absolute atomic E-state index is 0.0237. The van der Waals surface area contributed by atoms with E-state index in [1.165, 1.54) is 24.3 Å². The summed E-state index contributed by atoms with van der Waals surface area (Å²) in [6.07, 6.45) is 0.216. The topological polar surface area (TPSA) is 93.0 Å². The molecule has 29 heavy (non-hydrogen) atoms. The lowest BCUT2D eigenvalue weighted by Crippen LogP contribution is -2.38. The van der Waals surface area contributed by atoms with Gasteiger partial charge in [0.25, 0.3) is 5.91 Å². The summed E-state index contributed by atoms with van der Waals surface area (Å²) in [5, 5.41) is 6.77. The number of nitrogens with one attached hydrogen (secondary N) is 1. The molecule has 0 aliphatic carbocycles. The Balaban J connectivity index is 1.57. The van der Waals surface area contributed by atoms with Gasteiger partial charge in [-0.05, 0) is 38.3 Å². The summed E-state index contributed by atoms with van der Waals surface area (Å²) in [4.78, 5) is 33.9. The summed E-state index contributed by atoms with van der Waals surface area (Å²) in [6, 6.07) is 1.78. The van der Waals surface area contributed by atoms with Gasteiger partial charge < -0.3 is 10.2 Å². The Morgan fingerprint density at radius 2 is 2.03 bits per heavy atom. The maximum atomic E-state index is 12.7. The third-order valence-electron chi connectivity index (χ3n) is 4.80. The predicted octanol–water partition coefficient (Wildman–Crippen LogP) is 1.81. The number of aromatic nitrogens is 4. The van der Waals surface area contributed by atoms with Gasteiger partial charge in [0.15, 0.2) is 0 Å². The molecule has 1 fully saturated rings. The fourth-order valence-electron chi connectivity index (χ4n) is 3.27. The Morgan fingerprint density at radius 1 is 1.24 bits per heavy atom. The molecule has 1 aliphatic rings. The van der Waals surface area contributed by atoms with Gasteiger partial charge >= 0.3 is 6.18 Å². The highest BCUT2D eigenvalue weighted by molar-refractivity contribution is 5.95. The molecule has 3 heterocycles. The van der Waals surface area contributed by atoms with Crippen LogP contribution in [0.3, 0.4) is 0 Å². The molecule has 0 saturated carbocycles. The molecule has 1 saturated heterocycles. The second kappa shape index (κ2) is 8.58. The molecular weight excluding hydrogens is 389 g/mol. The largest absolute Gasteiger partial charge is 0.433 e. The van der Waals surface area contributed by atoms with Crippen LogP contribution < -0.4 is 5.32 Å². The van der Waals surface area contributed by atoms with Crippen LogP contribution in [0.5, 0.6) is 0 Å². The predicted molar refractivity (Wildman–Crippen MR) is 95.7 cm³/mol. The number of carbonyl (C=O) groups is 2. The van der Waals surface area contributed by atoms with Gasteiger partial charge in [0.2, 0.25) is 5.91 Å². The maximum absolute atomic E-state index is 12.7. The summed E-state index contributed by atoms with van der Waals surface area (Å²) in [5.41, 5.74) is -0.889. The number of pyridine rings is 1. The van der Waals surface area contributed by atoms with Crippen LogP contribution in [-0.4, -0.2) is 55.6 Å². The highest BCUT2D eigenvalue weighted by atomic mass is 19.4. The molecule has 2 amide bonds. The summed E-state index contributed by atoms with van der Waals surface area (Å²) in [6.45, 7) is 2.53. The van der Waals surface area contributed by atoms with E-state index in [1.807, 2.05) is 0 Å². The summed E-state index contributed by atoms with van der Waals surface area (Å²) in [5.74, 6) is -0.540. The standard InChI is InChI=1S/C18H21F3N6O2/c1-12-14(4-5-15(24-12)18(19,20)21)17(29)25-13-3-2-7-26(8-6-13)16(28)9-27-11-22-10-23-27/h4-5,10-11,13H,2-3,6-9H2,1H3,(H,25,29)/t13-/m1/s1. The molecule has 2 aromatic heterocycles. The first-order valence-electron chi connectivity index (χ1n) is 9.20. The van der Waals surface area contributed by atoms with Crippen molar-refractivity contribution in [1.82, 2.24) is 30.0 Å². The van der Waals surface area contributed by atoms with Gasteiger partial charge in [0.1, 0.15) is 24.9 Å². The highest BCUT2D eigenvalue weighted by Crippen LogP contribution is 2.28. The van der Waals surface area contributed by atoms with Crippen LogP contribution in [0, 0.1) is 6.92 Å². The average molecular weight is 410 g/mol. The molecule has 1 atom stereocenters. The molecule has 0 radical (unpaired) electrons. The molecule has 8 nitrogen and oxygen atoms in total. The Hall–Kier alpha value is -2.98. The molecule has 1 N–H and O–H groups in total. The minimum Gasteiger partial charge on any atom is -0.349 e. The van der Waals surface area contributed by atoms with Crippen molar-refractivity contribution in [2.24, 2.45) is 0 Å². The molecule has 0 aromatic carbocycles. The van der Waals surface area contributed by atoms with Crippen molar-refractivity contribution >= 4 is 11.8 Å². The molecule has 0 bridgehead atoms. The zero-order chi connectivity index (χ0) is 21.0. The van der Waals surface area contributed by atoms with E-state index in [0.29, 0.717) is 32.4 Å². The maximum Gasteiger partial charge on any atom is 0.433 e. The smallest absolute Gasteiger partial charge is 0.349 e. The molecule has 2 aromatic rings. The van der Waals surface area contributed by atoms with Gasteiger partial charge in [0, 0.05) is 19.1 Å². The molecule has 3 rings (SSSR count). The molecule has 0 spiro atoms. The monoisotopic (exact) mass is 410 g/mol. The summed E-state index contributed by atoms with van der Waals surface area (Å²) in [7, 11) is 0. The van der Waals surface area contributed by atoms with E-state index in [4.69, 9.17) is 0 Å². The lowest BCUT2D eigenvalue weighted by atomic mass is 10.1. The third kappa shape index (κ3) is 5.30. The van der Waals surface area contributed by atoms with Crippen molar-refractivity contribution in [3.63, 3.8) is 0 Å². The van der Waals surface area contributed by atoms with Gasteiger partial charge in [-0.2, -0.15) is 18.3 Å². The van der Waals surface area contributed by atoms with E-state index in [9.17, 15) is 22.8 Å². The minimum atomic E-state index is -4.55. The quantitative estimate of drug-likeness (QED) is 0.830. The first-order valence-corrected chi connectivity index (χ1v) is 9.20. The Kier molecular flexibility index (Phi) is 6.14. The zero-order valence-electron chi connectivity index (χ0n) is 15.8. The van der Waals surface area contributed by atoms with Gasteiger partial charge in [-0.3, -0.25) is 9.59 Å². The Labute approximate surface area is 165 Å². The van der Waals surface area contributed by atoms with Crippen molar-refractivity contribution in [2.75, 3.05) is 13.1 Å². The molecule has 11 heteroatoms. The van der Waals surface area contributed by atoms with E-state index in [-0.39, 0.29) is 29.8 Å². The first kappa shape index (κ1) is 20.7. The van der Waals surface area contributed by atoms with Crippen molar-refractivity contribution in [3.05, 3.63) is 41.7 Å². The van der Waals surface area contributed by atoms with Crippen LogP contribution in [0.1, 0.15) is 41.0 Å². The second-order valence-electron chi connectivity index (χ2n) is 6.90. The first-order chi connectivity index (χ1) is 13.7. The molecule has 0 unspecified atom stereocenters. The number of hydrogen-bond acceptors (Lipinski definition) is 5. The van der Waals surface area contributed by atoms with Gasteiger partial charge in [-0.25, -0.2) is 14.6 Å². The molecule has 156 valence electrons. The van der Waals surface area contributed by atoms with Crippen LogP contribution in [0.15, 0.2) is 24.8 Å². The van der Waals surface area contributed by atoms with Crippen LogP contribution in [0.25, 0.3) is 0 Å². The number of alkyl halides is 3. The second-order valence-corrected chi connectivity index (χ2v) is 6.90. The fourth-order valence-corrected chi connectivity index (χ4v) is 3.27. The third-order valence-corrected chi connectivity index (χ3v) is 4.80. The van der Waals surface area contributed by atoms with Crippen LogP contribution >= 0.6 is 0 Å². The average Bonchev–Trinajstić information content (AvgIpc) is 3.04. The van der Waals surface area contributed by atoms with E-state index >= 15 is 0 Å². The van der Waals surface area contributed by atoms with Crippen molar-refractivity contribution in [2.45, 2.75) is 44.9 Å². The number of hydrogen-bond donors (Lipinski definition) is 1. The van der Waals surface area contributed by atoms with E-state index < -0.39 is 17.8 Å². The lowest BCUT2D eigenvalue weighted by molar-refractivity contribution is -0.141. The van der Waals surface area contributed by atoms with Crippen molar-refractivity contribution in [1.29, 1.82) is 0 Å². The normalized spacial score (nSPS) is 17.7. The summed E-state index contributed by atoms with van der Waals surface area (Å²) < 4.78 is 39.7. The number of amides is 2. The highest BCUT2D eigenvalue weighted by Gasteiger charge is 2.33. The van der Waals surface area contributed by atoms with Crippen LogP contribution in [-0.2, 0) is 17.5 Å². The SMILES string of the molecule is Cc1nc(C(F)(F)F)ccc1C(=O)N[C@@H]1CCCN(C(=O)Cn2cncn2)CC1. The van der Waals surface area contributed by atoms with E-state index in [0.717, 1.165) is 12.1 Å². The zero-order valence-corrected chi connectivity index (χ0v) is 15.8. The van der Waals surface area contributed by atoms with Crippen LogP contribution in [0.4, 0.5) is 13.2 Å². The van der Waals surface area contributed by atoms with Gasteiger partial charge in [0.05, 0.1) is 11.3 Å². The number of nitrogens with zero attached hydrogens (tertiary/aromatic N) is 5. The Morgan fingerprint density at radius 3 is 2.69 bits per heavy atom. The number of carbonyl (C=O) groups excluding carboxylic acids is 2. The molecule has 1 aliphatic heterocycles. The number of rotatable bonds is 4. The van der Waals surface area contributed by atoms with Gasteiger partial charge in [-0.1, -0.05) is 0 Å². The Bertz CT molecular complexity index is 869. The number of aryl methyl sites for hydroxylation is 1. The van der Waals surface area contributed by atoms with Crippen molar-refractivity contribution < 1.29 is 22.8 Å². The number of halogens is 3. The van der Waals surface area contributed by atoms with Crippen LogP contribution in [0.2, 0.25) is 0 Å². The number of likely N-dealkylation sites (tertiary alicyclic amines) is 1. The lowest BCUT2D eigenvalue weighted by Gasteiger charge is -2.21. The van der Waals surface area contributed by atoms with E-state index in [2.05, 4.69) is 20.4 Å². The van der Waals surface area contributed by atoms with E-state index in [1.54, 1.807) is 4.90 Å². The van der Waals surface area contributed by atoms with Gasteiger partial charge in [-0.15, -0.1) is 0 Å². The molecular formula is C18H21F3N6O2. The van der Waals surface area contributed by atoms with Crippen molar-refractivity contribution in [3.8, 4) is 0 Å². The fraction of sp³-hybridized carbons (Fsp3) is 0.500. The summed E-state index contributed by atoms with van der Waals surface area (Å²) >= 11 is 0.